The molecule has 2 rings (SSSR count). The minimum atomic E-state index is -0.599. The fraction of sp³-hybridized carbons (Fsp3) is 0.0667. The first-order valence-electron chi connectivity index (χ1n) is 6.46. The second-order valence-corrected chi connectivity index (χ2v) is 4.43. The summed E-state index contributed by atoms with van der Waals surface area (Å²) in [5.74, 6) is -0.170. The van der Waals surface area contributed by atoms with Gasteiger partial charge in [-0.1, -0.05) is 6.07 Å². The summed E-state index contributed by atoms with van der Waals surface area (Å²) in [4.78, 5) is 21.9. The molecule has 0 aliphatic rings. The van der Waals surface area contributed by atoms with Crippen LogP contribution in [0, 0.1) is 10.1 Å². The number of nitro groups is 1. The molecule has 8 nitrogen and oxygen atoms in total. The van der Waals surface area contributed by atoms with Crippen molar-refractivity contribution in [1.82, 2.24) is 5.43 Å². The molecule has 2 aromatic carbocycles. The van der Waals surface area contributed by atoms with Crippen molar-refractivity contribution in [3.8, 4) is 11.5 Å². The molecular formula is C15H13N3O5. The van der Waals surface area contributed by atoms with Crippen molar-refractivity contribution in [3.05, 3.63) is 63.7 Å². The minimum absolute atomic E-state index is 0.0577. The lowest BCUT2D eigenvalue weighted by Crippen LogP contribution is -2.17. The largest absolute Gasteiger partial charge is 0.507 e. The molecule has 0 unspecified atom stereocenters. The van der Waals surface area contributed by atoms with Gasteiger partial charge in [0.15, 0.2) is 0 Å². The highest BCUT2D eigenvalue weighted by Crippen LogP contribution is 2.21. The van der Waals surface area contributed by atoms with Gasteiger partial charge in [-0.15, -0.1) is 0 Å². The zero-order valence-corrected chi connectivity index (χ0v) is 12.1. The Kier molecular flexibility index (Phi) is 4.88. The number of carbonyl (C=O) groups excluding carboxylic acids is 1. The number of hydrogen-bond acceptors (Lipinski definition) is 6. The lowest BCUT2D eigenvalue weighted by Gasteiger charge is -2.03. The molecule has 0 aliphatic heterocycles. The molecule has 2 aromatic rings. The molecule has 0 saturated heterocycles. The number of phenols is 1. The summed E-state index contributed by atoms with van der Waals surface area (Å²) in [6, 6.07) is 9.88. The van der Waals surface area contributed by atoms with Gasteiger partial charge in [0, 0.05) is 29.3 Å². The van der Waals surface area contributed by atoms with Gasteiger partial charge in [0.2, 0.25) is 0 Å². The van der Waals surface area contributed by atoms with E-state index in [1.54, 1.807) is 12.1 Å². The fourth-order valence-corrected chi connectivity index (χ4v) is 1.75. The SMILES string of the molecule is COc1ccc(/C=N/NC(=O)c2cccc([N+](=O)[O-])c2)c(O)c1. The quantitative estimate of drug-likeness (QED) is 0.498. The van der Waals surface area contributed by atoms with Gasteiger partial charge in [-0.3, -0.25) is 14.9 Å². The molecule has 0 atom stereocenters. The van der Waals surface area contributed by atoms with Gasteiger partial charge in [0.1, 0.15) is 11.5 Å². The van der Waals surface area contributed by atoms with Crippen LogP contribution >= 0.6 is 0 Å². The van der Waals surface area contributed by atoms with E-state index in [1.165, 1.54) is 37.6 Å². The number of carbonyl (C=O) groups is 1. The van der Waals surface area contributed by atoms with E-state index >= 15 is 0 Å². The second kappa shape index (κ2) is 7.03. The Hall–Kier alpha value is -3.42. The molecule has 0 spiro atoms. The maximum Gasteiger partial charge on any atom is 0.271 e. The maximum absolute atomic E-state index is 11.9. The molecule has 23 heavy (non-hydrogen) atoms. The predicted octanol–water partition coefficient (Wildman–Crippen LogP) is 2.07. The molecular weight excluding hydrogens is 302 g/mol. The van der Waals surface area contributed by atoms with E-state index < -0.39 is 10.8 Å². The average Bonchev–Trinajstić information content (AvgIpc) is 2.56. The van der Waals surface area contributed by atoms with Crippen LogP contribution in [0.2, 0.25) is 0 Å². The Labute approximate surface area is 131 Å². The molecule has 0 radical (unpaired) electrons. The molecule has 8 heteroatoms. The van der Waals surface area contributed by atoms with Crippen LogP contribution in [0.3, 0.4) is 0 Å². The van der Waals surface area contributed by atoms with Crippen LogP contribution in [-0.2, 0) is 0 Å². The van der Waals surface area contributed by atoms with Gasteiger partial charge in [0.25, 0.3) is 11.6 Å². The molecule has 0 fully saturated rings. The zero-order chi connectivity index (χ0) is 16.8. The lowest BCUT2D eigenvalue weighted by atomic mass is 10.2. The summed E-state index contributed by atoms with van der Waals surface area (Å²) in [7, 11) is 1.47. The smallest absolute Gasteiger partial charge is 0.271 e. The number of hydrogen-bond donors (Lipinski definition) is 2. The second-order valence-electron chi connectivity index (χ2n) is 4.43. The van der Waals surface area contributed by atoms with Crippen LogP contribution < -0.4 is 10.2 Å². The highest BCUT2D eigenvalue weighted by Gasteiger charge is 2.10. The molecule has 1 amide bonds. The standard InChI is InChI=1S/C15H13N3O5/c1-23-13-6-5-11(14(19)8-13)9-16-17-15(20)10-3-2-4-12(7-10)18(21)22/h2-9,19H,1H3,(H,17,20)/b16-9+. The van der Waals surface area contributed by atoms with Crippen LogP contribution in [0.25, 0.3) is 0 Å². The van der Waals surface area contributed by atoms with Gasteiger partial charge >= 0.3 is 0 Å². The molecule has 0 saturated carbocycles. The van der Waals surface area contributed by atoms with E-state index in [4.69, 9.17) is 4.74 Å². The molecule has 0 aliphatic carbocycles. The van der Waals surface area contributed by atoms with Crippen molar-refractivity contribution in [2.24, 2.45) is 5.10 Å². The number of nitrogens with one attached hydrogen (secondary N) is 1. The number of rotatable bonds is 5. The lowest BCUT2D eigenvalue weighted by molar-refractivity contribution is -0.384. The summed E-state index contributed by atoms with van der Waals surface area (Å²) in [5, 5.41) is 24.1. The monoisotopic (exact) mass is 315 g/mol. The number of nitro benzene ring substituents is 1. The van der Waals surface area contributed by atoms with E-state index in [-0.39, 0.29) is 17.0 Å². The minimum Gasteiger partial charge on any atom is -0.507 e. The van der Waals surface area contributed by atoms with E-state index in [9.17, 15) is 20.0 Å². The first-order valence-corrected chi connectivity index (χ1v) is 6.46. The van der Waals surface area contributed by atoms with Crippen molar-refractivity contribution in [2.75, 3.05) is 7.11 Å². The van der Waals surface area contributed by atoms with E-state index in [0.29, 0.717) is 11.3 Å². The average molecular weight is 315 g/mol. The van der Waals surface area contributed by atoms with Crippen molar-refractivity contribution in [3.63, 3.8) is 0 Å². The third-order valence-corrected chi connectivity index (χ3v) is 2.93. The fourth-order valence-electron chi connectivity index (χ4n) is 1.75. The number of methoxy groups -OCH3 is 1. The van der Waals surface area contributed by atoms with Gasteiger partial charge < -0.3 is 9.84 Å². The Morgan fingerprint density at radius 1 is 1.35 bits per heavy atom. The van der Waals surface area contributed by atoms with Gasteiger partial charge in [-0.25, -0.2) is 5.43 Å². The van der Waals surface area contributed by atoms with E-state index in [1.807, 2.05) is 0 Å². The van der Waals surface area contributed by atoms with Crippen LogP contribution in [0.5, 0.6) is 11.5 Å². The van der Waals surface area contributed by atoms with E-state index in [0.717, 1.165) is 6.07 Å². The number of phenolic OH excluding ortho intramolecular Hbond substituents is 1. The Bertz CT molecular complexity index is 773. The predicted molar refractivity (Wildman–Crippen MR) is 82.8 cm³/mol. The summed E-state index contributed by atoms with van der Waals surface area (Å²) in [6.07, 6.45) is 1.25. The third-order valence-electron chi connectivity index (χ3n) is 2.93. The summed E-state index contributed by atoms with van der Waals surface area (Å²) in [5.41, 5.74) is 2.54. The normalized spacial score (nSPS) is 10.5. The molecule has 2 N–H and O–H groups in total. The van der Waals surface area contributed by atoms with Gasteiger partial charge in [-0.05, 0) is 18.2 Å². The summed E-state index contributed by atoms with van der Waals surface area (Å²) >= 11 is 0. The first kappa shape index (κ1) is 16.0. The van der Waals surface area contributed by atoms with Crippen molar-refractivity contribution in [2.45, 2.75) is 0 Å². The number of ether oxygens (including phenoxy) is 1. The number of nitrogens with zero attached hydrogens (tertiary/aromatic N) is 2. The maximum atomic E-state index is 11.9. The van der Waals surface area contributed by atoms with E-state index in [2.05, 4.69) is 10.5 Å². The van der Waals surface area contributed by atoms with Crippen LogP contribution in [-0.4, -0.2) is 29.3 Å². The molecule has 118 valence electrons. The third kappa shape index (κ3) is 4.03. The van der Waals surface area contributed by atoms with Gasteiger partial charge in [-0.2, -0.15) is 5.10 Å². The number of amides is 1. The van der Waals surface area contributed by atoms with Crippen molar-refractivity contribution < 1.29 is 19.6 Å². The van der Waals surface area contributed by atoms with Crippen LogP contribution in [0.4, 0.5) is 5.69 Å². The number of hydrazone groups is 1. The Balaban J connectivity index is 2.07. The topological polar surface area (TPSA) is 114 Å². The molecule has 0 bridgehead atoms. The number of benzene rings is 2. The van der Waals surface area contributed by atoms with Crippen LogP contribution in [0.15, 0.2) is 47.6 Å². The van der Waals surface area contributed by atoms with Crippen molar-refractivity contribution in [1.29, 1.82) is 0 Å². The number of aromatic hydroxyl groups is 1. The Morgan fingerprint density at radius 2 is 2.13 bits per heavy atom. The zero-order valence-electron chi connectivity index (χ0n) is 12.1. The highest BCUT2D eigenvalue weighted by molar-refractivity contribution is 5.95. The first-order chi connectivity index (χ1) is 11.0. The summed E-state index contributed by atoms with van der Waals surface area (Å²) < 4.78 is 4.95. The molecule has 0 aromatic heterocycles. The van der Waals surface area contributed by atoms with Gasteiger partial charge in [0.05, 0.1) is 18.2 Å². The van der Waals surface area contributed by atoms with Crippen molar-refractivity contribution >= 4 is 17.8 Å². The highest BCUT2D eigenvalue weighted by atomic mass is 16.6. The number of non-ortho nitro benzene ring substituents is 1. The molecule has 0 heterocycles. The van der Waals surface area contributed by atoms with Crippen LogP contribution in [0.1, 0.15) is 15.9 Å². The summed E-state index contributed by atoms with van der Waals surface area (Å²) in [6.45, 7) is 0. The Morgan fingerprint density at radius 3 is 2.78 bits per heavy atom.